The van der Waals surface area contributed by atoms with E-state index in [4.69, 9.17) is 0 Å². The van der Waals surface area contributed by atoms with Gasteiger partial charge in [0.25, 0.3) is 22.6 Å². The van der Waals surface area contributed by atoms with Crippen LogP contribution in [0.5, 0.6) is 0 Å². The van der Waals surface area contributed by atoms with E-state index in [-0.39, 0.29) is 0 Å². The van der Waals surface area contributed by atoms with E-state index in [9.17, 15) is 0 Å². The van der Waals surface area contributed by atoms with Crippen molar-refractivity contribution in [2.75, 3.05) is 0 Å². The normalized spacial score (nSPS) is 20.6. The maximum Gasteiger partial charge on any atom is 0.290 e. The Kier molecular flexibility index (Phi) is 4.75. The second-order valence-electron chi connectivity index (χ2n) is 4.97. The van der Waals surface area contributed by atoms with Gasteiger partial charge in [-0.3, -0.25) is 0 Å². The zero-order valence-corrected chi connectivity index (χ0v) is 10.8. The predicted molar refractivity (Wildman–Crippen MR) is 68.2 cm³/mol. The van der Waals surface area contributed by atoms with Gasteiger partial charge in [-0.1, -0.05) is 41.5 Å². The van der Waals surface area contributed by atoms with Gasteiger partial charge in [-0.25, -0.2) is 0 Å². The fraction of sp³-hybridized carbons (Fsp3) is 1.00. The van der Waals surface area contributed by atoms with Crippen LogP contribution in [0, 0.1) is 0 Å². The predicted octanol–water partition coefficient (Wildman–Crippen LogP) is 0.734. The molecule has 0 aromatic carbocycles. The third kappa shape index (κ3) is 3.54. The van der Waals surface area contributed by atoms with Crippen molar-refractivity contribution in [1.82, 2.24) is 14.2 Å². The number of nitrogens with zero attached hydrogens (tertiary/aromatic N) is 3. The Morgan fingerprint density at radius 2 is 0.733 bits per heavy atom. The van der Waals surface area contributed by atoms with Crippen molar-refractivity contribution >= 4 is 22.6 Å². The van der Waals surface area contributed by atoms with Crippen molar-refractivity contribution in [2.24, 2.45) is 0 Å². The second kappa shape index (κ2) is 5.42. The summed E-state index contributed by atoms with van der Waals surface area (Å²) < 4.78 is 6.75. The summed E-state index contributed by atoms with van der Waals surface area (Å²) in [5.74, 6) is 0. The summed E-state index contributed by atoms with van der Waals surface area (Å²) in [5, 5.41) is 0. The summed E-state index contributed by atoms with van der Waals surface area (Å²) in [6, 6.07) is 1.50. The average molecular weight is 204 g/mol. The fourth-order valence-corrected chi connectivity index (χ4v) is 1.35. The molecule has 1 fully saturated rings. The summed E-state index contributed by atoms with van der Waals surface area (Å²) >= 11 is 0. The lowest BCUT2D eigenvalue weighted by molar-refractivity contribution is 0.384. The van der Waals surface area contributed by atoms with E-state index in [1.807, 2.05) is 0 Å². The van der Waals surface area contributed by atoms with Gasteiger partial charge >= 0.3 is 0 Å². The molecule has 1 aliphatic heterocycles. The molecule has 15 heavy (non-hydrogen) atoms. The number of hydrogen-bond acceptors (Lipinski definition) is 3. The van der Waals surface area contributed by atoms with Gasteiger partial charge in [0.05, 0.1) is 0 Å². The van der Waals surface area contributed by atoms with Crippen molar-refractivity contribution in [1.29, 1.82) is 0 Å². The molecule has 0 atom stereocenters. The first kappa shape index (κ1) is 13.1. The van der Waals surface area contributed by atoms with Crippen molar-refractivity contribution in [3.05, 3.63) is 0 Å². The molecule has 0 amide bonds. The van der Waals surface area contributed by atoms with Crippen molar-refractivity contribution in [2.45, 2.75) is 59.7 Å². The van der Waals surface area contributed by atoms with E-state index >= 15 is 0 Å². The quantitative estimate of drug-likeness (QED) is 0.627. The highest BCUT2D eigenvalue weighted by atomic mass is 15.3. The van der Waals surface area contributed by atoms with E-state index in [1.54, 1.807) is 0 Å². The first-order valence-corrected chi connectivity index (χ1v) is 5.79. The highest BCUT2D eigenvalue weighted by Gasteiger charge is 2.31. The van der Waals surface area contributed by atoms with Gasteiger partial charge in [-0.15, -0.1) is 0 Å². The van der Waals surface area contributed by atoms with Crippen LogP contribution in [-0.4, -0.2) is 54.9 Å². The summed E-state index contributed by atoms with van der Waals surface area (Å²) in [5.41, 5.74) is 0. The Bertz CT molecular complexity index is 160. The van der Waals surface area contributed by atoms with Crippen LogP contribution in [-0.2, 0) is 0 Å². The molecule has 81 valence electrons. The van der Waals surface area contributed by atoms with Crippen LogP contribution in [0.25, 0.3) is 0 Å². The maximum atomic E-state index is 2.25. The minimum atomic E-state index is 0.501. The Morgan fingerprint density at radius 1 is 0.533 bits per heavy atom. The van der Waals surface area contributed by atoms with Gasteiger partial charge in [0.1, 0.15) is 0 Å². The molecule has 1 heterocycles. The molecule has 0 aromatic heterocycles. The van der Waals surface area contributed by atoms with Crippen molar-refractivity contribution in [3.63, 3.8) is 0 Å². The van der Waals surface area contributed by atoms with E-state index in [1.165, 1.54) is 0 Å². The molecule has 3 nitrogen and oxygen atoms in total. The topological polar surface area (TPSA) is 9.72 Å². The molecule has 1 rings (SSSR count). The Morgan fingerprint density at radius 3 is 0.867 bits per heavy atom. The summed E-state index contributed by atoms with van der Waals surface area (Å²) in [6.45, 7) is 13.2. The monoisotopic (exact) mass is 204 g/mol. The fourth-order valence-electron chi connectivity index (χ4n) is 1.35. The molecular formula is C9H21B3N3. The van der Waals surface area contributed by atoms with Crippen LogP contribution >= 0.6 is 0 Å². The van der Waals surface area contributed by atoms with Crippen molar-refractivity contribution < 1.29 is 0 Å². The zero-order valence-electron chi connectivity index (χ0n) is 10.8. The van der Waals surface area contributed by atoms with E-state index in [0.29, 0.717) is 18.1 Å². The highest BCUT2D eigenvalue weighted by molar-refractivity contribution is 6.64. The molecule has 0 aliphatic carbocycles. The smallest absolute Gasteiger partial charge is 0.290 e. The molecule has 1 aliphatic rings. The largest absolute Gasteiger partial charge is 0.363 e. The Hall–Kier alpha value is 0.0748. The van der Waals surface area contributed by atoms with Crippen LogP contribution in [0.3, 0.4) is 0 Å². The third-order valence-electron chi connectivity index (χ3n) is 2.59. The number of hydrogen-bond donors (Lipinski definition) is 0. The van der Waals surface area contributed by atoms with Crippen molar-refractivity contribution in [3.8, 4) is 0 Å². The third-order valence-corrected chi connectivity index (χ3v) is 2.59. The molecule has 0 saturated carbocycles. The molecule has 0 N–H and O–H groups in total. The summed E-state index contributed by atoms with van der Waals surface area (Å²) in [7, 11) is 6.52. The Balaban J connectivity index is 2.64. The molecular weight excluding hydrogens is 183 g/mol. The van der Waals surface area contributed by atoms with Gasteiger partial charge < -0.3 is 14.2 Å². The molecule has 6 heteroatoms. The highest BCUT2D eigenvalue weighted by Crippen LogP contribution is 2.10. The van der Waals surface area contributed by atoms with Crippen LogP contribution in [0.2, 0.25) is 0 Å². The van der Waals surface area contributed by atoms with Gasteiger partial charge in [0, 0.05) is 0 Å². The summed E-state index contributed by atoms with van der Waals surface area (Å²) in [6.07, 6.45) is 0. The van der Waals surface area contributed by atoms with E-state index in [2.05, 4.69) is 78.4 Å². The van der Waals surface area contributed by atoms with Crippen LogP contribution in [0.1, 0.15) is 41.5 Å². The SMILES string of the molecule is CC(C)N1[B]N(C(C)C)[B]N(C(C)C)[B]1. The molecule has 0 unspecified atom stereocenters. The second-order valence-corrected chi connectivity index (χ2v) is 4.97. The minimum absolute atomic E-state index is 0.501. The lowest BCUT2D eigenvalue weighted by atomic mass is 9.71. The van der Waals surface area contributed by atoms with Gasteiger partial charge in [-0.2, -0.15) is 0 Å². The lowest BCUT2D eigenvalue weighted by Gasteiger charge is -2.45. The first-order valence-electron chi connectivity index (χ1n) is 5.79. The summed E-state index contributed by atoms with van der Waals surface area (Å²) in [4.78, 5) is 0. The molecule has 0 bridgehead atoms. The van der Waals surface area contributed by atoms with Crippen LogP contribution in [0.15, 0.2) is 0 Å². The van der Waals surface area contributed by atoms with Gasteiger partial charge in [0.15, 0.2) is 0 Å². The van der Waals surface area contributed by atoms with Gasteiger partial charge in [0.2, 0.25) is 0 Å². The molecule has 0 spiro atoms. The van der Waals surface area contributed by atoms with Gasteiger partial charge in [-0.05, 0) is 18.1 Å². The Labute approximate surface area is 97.0 Å². The van der Waals surface area contributed by atoms with Crippen LogP contribution in [0.4, 0.5) is 0 Å². The van der Waals surface area contributed by atoms with E-state index in [0.717, 1.165) is 0 Å². The van der Waals surface area contributed by atoms with E-state index < -0.39 is 0 Å². The molecule has 3 radical (unpaired) electrons. The van der Waals surface area contributed by atoms with Crippen LogP contribution < -0.4 is 0 Å². The average Bonchev–Trinajstić information content (AvgIpc) is 2.16. The minimum Gasteiger partial charge on any atom is -0.363 e. The molecule has 0 aromatic rings. The zero-order chi connectivity index (χ0) is 11.6. The first-order chi connectivity index (χ1) is 6.91. The standard InChI is InChI=1S/C9H21B3N3/c1-7(2)13-10-14(8(3)4)12-15(11-13)9(5)6/h7-9H,1-6H3. The lowest BCUT2D eigenvalue weighted by Crippen LogP contribution is -2.65. The maximum absolute atomic E-state index is 2.25. The number of rotatable bonds is 3. The molecule has 1 saturated heterocycles.